The molecule has 0 aliphatic rings. The Bertz CT molecular complexity index is 986. The fourth-order valence-electron chi connectivity index (χ4n) is 2.77. The van der Waals surface area contributed by atoms with E-state index in [4.69, 9.17) is 4.74 Å². The Balaban J connectivity index is 1.85. The number of nitrogens with one attached hydrogen (secondary N) is 3. The van der Waals surface area contributed by atoms with Crippen LogP contribution >= 0.6 is 34.4 Å². The first kappa shape index (κ1) is 29.0. The lowest BCUT2D eigenvalue weighted by atomic mass is 10.1. The Labute approximate surface area is 217 Å². The summed E-state index contributed by atoms with van der Waals surface area (Å²) in [7, 11) is 0. The smallest absolute Gasteiger partial charge is 0.408 e. The maximum atomic E-state index is 12.5. The maximum absolute atomic E-state index is 12.5. The van der Waals surface area contributed by atoms with Gasteiger partial charge in [-0.15, -0.1) is 22.7 Å². The molecule has 2 aromatic rings. The fourth-order valence-corrected chi connectivity index (χ4v) is 4.82. The zero-order chi connectivity index (χ0) is 26.0. The topological polar surface area (TPSA) is 143 Å². The van der Waals surface area contributed by atoms with Crippen molar-refractivity contribution in [1.82, 2.24) is 25.9 Å². The Morgan fingerprint density at radius 2 is 1.89 bits per heavy atom. The van der Waals surface area contributed by atoms with Gasteiger partial charge in [0.2, 0.25) is 5.91 Å². The van der Waals surface area contributed by atoms with E-state index in [9.17, 15) is 19.5 Å². The van der Waals surface area contributed by atoms with Crippen LogP contribution < -0.4 is 16.0 Å². The van der Waals surface area contributed by atoms with Crippen molar-refractivity contribution in [2.45, 2.75) is 58.3 Å². The molecule has 0 bridgehead atoms. The summed E-state index contributed by atoms with van der Waals surface area (Å²) in [6, 6.07) is -1.14. The molecular weight excluding hydrogens is 510 g/mol. The lowest BCUT2D eigenvalue weighted by Gasteiger charge is -2.24. The molecular formula is C22H33N5O5S3. The molecule has 0 spiro atoms. The summed E-state index contributed by atoms with van der Waals surface area (Å²) in [5.41, 5.74) is 0.330. The Kier molecular flexibility index (Phi) is 11.4. The van der Waals surface area contributed by atoms with Gasteiger partial charge in [-0.3, -0.25) is 9.59 Å². The van der Waals surface area contributed by atoms with E-state index in [0.717, 1.165) is 17.2 Å². The molecule has 4 N–H and O–H groups in total. The lowest BCUT2D eigenvalue weighted by Crippen LogP contribution is -2.53. The Morgan fingerprint density at radius 3 is 2.54 bits per heavy atom. The SMILES string of the molecule is CSCCCNC(=O)c1csc(-c2csc(CCNC(=O)[C@@H](NC(=O)OC(C)(C)C)[C@@H](C)O)n2)n1. The molecule has 0 aliphatic carbocycles. The molecule has 10 nitrogen and oxygen atoms in total. The minimum absolute atomic E-state index is 0.195. The van der Waals surface area contributed by atoms with Crippen LogP contribution in [0.15, 0.2) is 10.8 Å². The summed E-state index contributed by atoms with van der Waals surface area (Å²) >= 11 is 4.52. The first-order valence-corrected chi connectivity index (χ1v) is 14.3. The van der Waals surface area contributed by atoms with Crippen molar-refractivity contribution >= 4 is 52.3 Å². The number of amides is 3. The maximum Gasteiger partial charge on any atom is 0.408 e. The van der Waals surface area contributed by atoms with Crippen LogP contribution in [0.1, 0.15) is 49.6 Å². The molecule has 0 aliphatic heterocycles. The average Bonchev–Trinajstić information content (AvgIpc) is 3.43. The van der Waals surface area contributed by atoms with Crippen molar-refractivity contribution in [3.8, 4) is 10.7 Å². The third-order valence-electron chi connectivity index (χ3n) is 4.39. The third kappa shape index (κ3) is 10.1. The van der Waals surface area contributed by atoms with Gasteiger partial charge in [-0.2, -0.15) is 11.8 Å². The van der Waals surface area contributed by atoms with Gasteiger partial charge in [0, 0.05) is 30.3 Å². The van der Waals surface area contributed by atoms with Crippen molar-refractivity contribution in [3.63, 3.8) is 0 Å². The van der Waals surface area contributed by atoms with E-state index in [1.165, 1.54) is 29.6 Å². The number of thioether (sulfide) groups is 1. The summed E-state index contributed by atoms with van der Waals surface area (Å²) in [6.45, 7) is 7.43. The molecule has 2 heterocycles. The predicted molar refractivity (Wildman–Crippen MR) is 140 cm³/mol. The highest BCUT2D eigenvalue weighted by Gasteiger charge is 2.28. The van der Waals surface area contributed by atoms with E-state index >= 15 is 0 Å². The summed E-state index contributed by atoms with van der Waals surface area (Å²) < 4.78 is 5.15. The first-order chi connectivity index (χ1) is 16.5. The normalized spacial score (nSPS) is 13.1. The standard InChI is InChI=1S/C22H33N5O5S3/c1-13(28)17(27-21(31)32-22(2,3)4)19(30)24-9-7-16-25-15(12-34-16)20-26-14(11-35-20)18(29)23-8-6-10-33-5/h11-13,17,28H,6-10H2,1-5H3,(H,23,29)(H,24,30)(H,27,31)/t13-,17+/m1/s1. The van der Waals surface area contributed by atoms with Crippen LogP contribution in [-0.4, -0.2) is 75.8 Å². The predicted octanol–water partition coefficient (Wildman–Crippen LogP) is 2.68. The van der Waals surface area contributed by atoms with Crippen molar-refractivity contribution in [3.05, 3.63) is 21.5 Å². The number of rotatable bonds is 12. The molecule has 2 atom stereocenters. The van der Waals surface area contributed by atoms with Gasteiger partial charge in [0.05, 0.1) is 11.1 Å². The third-order valence-corrected chi connectivity index (χ3v) is 6.86. The van der Waals surface area contributed by atoms with E-state index in [1.807, 2.05) is 11.6 Å². The molecule has 0 aromatic carbocycles. The number of hydrogen-bond donors (Lipinski definition) is 4. The van der Waals surface area contributed by atoms with Crippen LogP contribution in [-0.2, 0) is 16.0 Å². The van der Waals surface area contributed by atoms with Gasteiger partial charge in [-0.05, 0) is 46.1 Å². The zero-order valence-electron chi connectivity index (χ0n) is 20.5. The van der Waals surface area contributed by atoms with Crippen molar-refractivity contribution in [2.75, 3.05) is 25.1 Å². The minimum Gasteiger partial charge on any atom is -0.444 e. The van der Waals surface area contributed by atoms with Crippen LogP contribution in [0.25, 0.3) is 10.7 Å². The van der Waals surface area contributed by atoms with Crippen LogP contribution in [0, 0.1) is 0 Å². The molecule has 3 amide bonds. The quantitative estimate of drug-likeness (QED) is 0.299. The van der Waals surface area contributed by atoms with Gasteiger partial charge in [-0.1, -0.05) is 0 Å². The Hall–Kier alpha value is -2.22. The molecule has 0 saturated heterocycles. The van der Waals surface area contributed by atoms with Crippen molar-refractivity contribution in [1.29, 1.82) is 0 Å². The van der Waals surface area contributed by atoms with E-state index in [2.05, 4.69) is 25.9 Å². The number of carbonyl (C=O) groups excluding carboxylic acids is 3. The molecule has 2 rings (SSSR count). The van der Waals surface area contributed by atoms with Crippen molar-refractivity contribution < 1.29 is 24.2 Å². The first-order valence-electron chi connectivity index (χ1n) is 11.1. The van der Waals surface area contributed by atoms with Gasteiger partial charge >= 0.3 is 6.09 Å². The van der Waals surface area contributed by atoms with E-state index in [1.54, 1.807) is 37.9 Å². The van der Waals surface area contributed by atoms with Crippen molar-refractivity contribution in [2.24, 2.45) is 0 Å². The van der Waals surface area contributed by atoms with E-state index in [-0.39, 0.29) is 12.5 Å². The molecule has 2 aromatic heterocycles. The highest BCUT2D eigenvalue weighted by atomic mass is 32.2. The highest BCUT2D eigenvalue weighted by Crippen LogP contribution is 2.25. The second kappa shape index (κ2) is 13.8. The van der Waals surface area contributed by atoms with Crippen LogP contribution in [0.2, 0.25) is 0 Å². The lowest BCUT2D eigenvalue weighted by molar-refractivity contribution is -0.125. The summed E-state index contributed by atoms with van der Waals surface area (Å²) in [6.07, 6.45) is 1.52. The molecule has 194 valence electrons. The zero-order valence-corrected chi connectivity index (χ0v) is 23.0. The molecule has 0 saturated carbocycles. The second-order valence-electron chi connectivity index (χ2n) is 8.67. The number of thiazole rings is 2. The molecule has 35 heavy (non-hydrogen) atoms. The molecule has 0 unspecified atom stereocenters. The van der Waals surface area contributed by atoms with Gasteiger partial charge in [0.25, 0.3) is 5.91 Å². The average molecular weight is 544 g/mol. The largest absolute Gasteiger partial charge is 0.444 e. The summed E-state index contributed by atoms with van der Waals surface area (Å²) in [5, 5.41) is 22.9. The number of ether oxygens (including phenoxy) is 1. The number of hydrogen-bond acceptors (Lipinski definition) is 10. The number of carbonyl (C=O) groups is 3. The second-order valence-corrected chi connectivity index (χ2v) is 11.5. The molecule has 0 radical (unpaired) electrons. The van der Waals surface area contributed by atoms with Gasteiger partial charge in [0.15, 0.2) is 0 Å². The number of aromatic nitrogens is 2. The van der Waals surface area contributed by atoms with Gasteiger partial charge < -0.3 is 25.8 Å². The van der Waals surface area contributed by atoms with E-state index < -0.39 is 29.7 Å². The van der Waals surface area contributed by atoms with Gasteiger partial charge in [-0.25, -0.2) is 14.8 Å². The summed E-state index contributed by atoms with van der Waals surface area (Å²) in [4.78, 5) is 45.6. The summed E-state index contributed by atoms with van der Waals surface area (Å²) in [5.74, 6) is 0.278. The number of alkyl carbamates (subject to hydrolysis) is 1. The number of aliphatic hydroxyl groups excluding tert-OH is 1. The van der Waals surface area contributed by atoms with Gasteiger partial charge in [0.1, 0.15) is 28.0 Å². The van der Waals surface area contributed by atoms with Crippen LogP contribution in [0.5, 0.6) is 0 Å². The molecule has 0 fully saturated rings. The highest BCUT2D eigenvalue weighted by molar-refractivity contribution is 7.98. The number of nitrogens with zero attached hydrogens (tertiary/aromatic N) is 2. The Morgan fingerprint density at radius 1 is 1.14 bits per heavy atom. The minimum atomic E-state index is -1.14. The van der Waals surface area contributed by atoms with Crippen LogP contribution in [0.4, 0.5) is 4.79 Å². The van der Waals surface area contributed by atoms with Crippen LogP contribution in [0.3, 0.4) is 0 Å². The molecule has 13 heteroatoms. The monoisotopic (exact) mass is 543 g/mol. The fraction of sp³-hybridized carbons (Fsp3) is 0.591. The van der Waals surface area contributed by atoms with E-state index in [0.29, 0.717) is 29.4 Å². The number of aliphatic hydroxyl groups is 1.